The number of amides is 1. The highest BCUT2D eigenvalue weighted by Crippen LogP contribution is 2.12. The first-order chi connectivity index (χ1) is 11.5. The van der Waals surface area contributed by atoms with Gasteiger partial charge in [-0.2, -0.15) is 0 Å². The van der Waals surface area contributed by atoms with E-state index in [4.69, 9.17) is 4.42 Å². The zero-order valence-electron chi connectivity index (χ0n) is 14.7. The van der Waals surface area contributed by atoms with Crippen LogP contribution in [0.25, 0.3) is 0 Å². The van der Waals surface area contributed by atoms with Crippen LogP contribution < -0.4 is 5.63 Å². The van der Waals surface area contributed by atoms with E-state index < -0.39 is 5.63 Å². The Hall–Kier alpha value is -2.36. The van der Waals surface area contributed by atoms with E-state index in [1.54, 1.807) is 18.9 Å². The molecule has 0 saturated carbocycles. The minimum absolute atomic E-state index is 0.150. The summed E-state index contributed by atoms with van der Waals surface area (Å²) in [5.41, 5.74) is 1.49. The topological polar surface area (TPSA) is 50.5 Å². The fourth-order valence-corrected chi connectivity index (χ4v) is 2.65. The molecule has 0 saturated heterocycles. The first kappa shape index (κ1) is 18.0. The number of unbranched alkanes of at least 4 members (excludes halogenated alkanes) is 1. The lowest BCUT2D eigenvalue weighted by Crippen LogP contribution is -2.32. The maximum Gasteiger partial charge on any atom is 0.349 e. The summed E-state index contributed by atoms with van der Waals surface area (Å²) in [6.07, 6.45) is 3.36. The Balaban J connectivity index is 2.13. The molecular weight excluding hydrogens is 302 g/mol. The van der Waals surface area contributed by atoms with E-state index >= 15 is 0 Å². The molecule has 1 aromatic heterocycles. The molecule has 1 heterocycles. The second-order valence-corrected chi connectivity index (χ2v) is 6.12. The Kier molecular flexibility index (Phi) is 6.36. The number of benzene rings is 1. The standard InChI is InChI=1S/C20H25NO3/c1-4-5-13-21(3)19(22)18-15(2)14-17(24-20(18)23)12-11-16-9-7-6-8-10-16/h6-10,14H,4-5,11-13H2,1-3H3. The molecule has 0 bridgehead atoms. The largest absolute Gasteiger partial charge is 0.427 e. The molecular formula is C20H25NO3. The van der Waals surface area contributed by atoms with Crippen molar-refractivity contribution in [1.82, 2.24) is 4.90 Å². The predicted octanol–water partition coefficient (Wildman–Crippen LogP) is 3.61. The Morgan fingerprint density at radius 1 is 1.17 bits per heavy atom. The molecule has 2 rings (SSSR count). The third-order valence-corrected chi connectivity index (χ3v) is 4.11. The third kappa shape index (κ3) is 4.57. The fraction of sp³-hybridized carbons (Fsp3) is 0.400. The van der Waals surface area contributed by atoms with Crippen LogP contribution in [0.4, 0.5) is 0 Å². The molecule has 2 aromatic rings. The summed E-state index contributed by atoms with van der Waals surface area (Å²) in [4.78, 5) is 26.3. The average Bonchev–Trinajstić information content (AvgIpc) is 2.58. The first-order valence-electron chi connectivity index (χ1n) is 8.46. The SMILES string of the molecule is CCCCN(C)C(=O)c1c(C)cc(CCc2ccccc2)oc1=O. The summed E-state index contributed by atoms with van der Waals surface area (Å²) in [6, 6.07) is 11.9. The van der Waals surface area contributed by atoms with Gasteiger partial charge in [-0.3, -0.25) is 4.79 Å². The van der Waals surface area contributed by atoms with Crippen LogP contribution in [0.2, 0.25) is 0 Å². The van der Waals surface area contributed by atoms with Gasteiger partial charge in [0.1, 0.15) is 11.3 Å². The van der Waals surface area contributed by atoms with Crippen LogP contribution in [-0.4, -0.2) is 24.4 Å². The molecule has 4 nitrogen and oxygen atoms in total. The molecule has 0 aliphatic rings. The average molecular weight is 327 g/mol. The number of aryl methyl sites for hydroxylation is 3. The highest BCUT2D eigenvalue weighted by atomic mass is 16.4. The first-order valence-corrected chi connectivity index (χ1v) is 8.46. The van der Waals surface area contributed by atoms with E-state index in [-0.39, 0.29) is 11.5 Å². The minimum atomic E-state index is -0.536. The van der Waals surface area contributed by atoms with E-state index in [0.717, 1.165) is 19.3 Å². The highest BCUT2D eigenvalue weighted by Gasteiger charge is 2.20. The van der Waals surface area contributed by atoms with Gasteiger partial charge in [-0.1, -0.05) is 43.7 Å². The van der Waals surface area contributed by atoms with Crippen molar-refractivity contribution in [2.75, 3.05) is 13.6 Å². The Morgan fingerprint density at radius 2 is 1.88 bits per heavy atom. The van der Waals surface area contributed by atoms with Crippen molar-refractivity contribution in [3.05, 3.63) is 69.3 Å². The van der Waals surface area contributed by atoms with Gasteiger partial charge in [-0.15, -0.1) is 0 Å². The van der Waals surface area contributed by atoms with Gasteiger partial charge in [0.15, 0.2) is 0 Å². The van der Waals surface area contributed by atoms with Gasteiger partial charge in [0.05, 0.1) is 0 Å². The lowest BCUT2D eigenvalue weighted by Gasteiger charge is -2.17. The molecule has 128 valence electrons. The highest BCUT2D eigenvalue weighted by molar-refractivity contribution is 5.94. The van der Waals surface area contributed by atoms with Crippen LogP contribution in [0, 0.1) is 6.92 Å². The molecule has 0 aliphatic heterocycles. The fourth-order valence-electron chi connectivity index (χ4n) is 2.65. The van der Waals surface area contributed by atoms with Crippen molar-refractivity contribution in [1.29, 1.82) is 0 Å². The maximum absolute atomic E-state index is 12.4. The Labute approximate surface area is 143 Å². The van der Waals surface area contributed by atoms with Gasteiger partial charge in [0.2, 0.25) is 0 Å². The van der Waals surface area contributed by atoms with Crippen LogP contribution in [0.3, 0.4) is 0 Å². The molecule has 4 heteroatoms. The van der Waals surface area contributed by atoms with E-state index in [9.17, 15) is 9.59 Å². The van der Waals surface area contributed by atoms with Crippen LogP contribution in [0.1, 0.15) is 47.0 Å². The second-order valence-electron chi connectivity index (χ2n) is 6.12. The predicted molar refractivity (Wildman–Crippen MR) is 95.4 cm³/mol. The number of nitrogens with zero attached hydrogens (tertiary/aromatic N) is 1. The molecule has 0 aliphatic carbocycles. The molecule has 1 aromatic carbocycles. The monoisotopic (exact) mass is 327 g/mol. The van der Waals surface area contributed by atoms with E-state index in [2.05, 4.69) is 6.92 Å². The van der Waals surface area contributed by atoms with Crippen LogP contribution in [0.5, 0.6) is 0 Å². The summed E-state index contributed by atoms with van der Waals surface area (Å²) in [6.45, 7) is 4.51. The molecule has 0 fully saturated rings. The quantitative estimate of drug-likeness (QED) is 0.780. The van der Waals surface area contributed by atoms with E-state index in [0.29, 0.717) is 24.3 Å². The Bertz CT molecular complexity index is 734. The molecule has 1 amide bonds. The van der Waals surface area contributed by atoms with Gasteiger partial charge in [0.25, 0.3) is 5.91 Å². The van der Waals surface area contributed by atoms with Crippen molar-refractivity contribution >= 4 is 5.91 Å². The number of rotatable bonds is 7. The molecule has 0 radical (unpaired) electrons. The molecule has 0 unspecified atom stereocenters. The van der Waals surface area contributed by atoms with Crippen LogP contribution in [-0.2, 0) is 12.8 Å². The summed E-state index contributed by atoms with van der Waals surface area (Å²) < 4.78 is 5.38. The summed E-state index contributed by atoms with van der Waals surface area (Å²) in [5.74, 6) is 0.360. The number of carbonyl (C=O) groups excluding carboxylic acids is 1. The molecule has 0 spiro atoms. The normalized spacial score (nSPS) is 10.6. The van der Waals surface area contributed by atoms with Gasteiger partial charge in [-0.25, -0.2) is 4.79 Å². The number of hydrogen-bond acceptors (Lipinski definition) is 3. The maximum atomic E-state index is 12.4. The molecule has 0 N–H and O–H groups in total. The van der Waals surface area contributed by atoms with Gasteiger partial charge >= 0.3 is 5.63 Å². The van der Waals surface area contributed by atoms with Crippen LogP contribution >= 0.6 is 0 Å². The van der Waals surface area contributed by atoms with Gasteiger partial charge < -0.3 is 9.32 Å². The molecule has 24 heavy (non-hydrogen) atoms. The summed E-state index contributed by atoms with van der Waals surface area (Å²) in [5, 5.41) is 0. The third-order valence-electron chi connectivity index (χ3n) is 4.11. The van der Waals surface area contributed by atoms with Crippen molar-refractivity contribution in [2.24, 2.45) is 0 Å². The van der Waals surface area contributed by atoms with Crippen molar-refractivity contribution in [3.63, 3.8) is 0 Å². The minimum Gasteiger partial charge on any atom is -0.427 e. The number of carbonyl (C=O) groups is 1. The zero-order chi connectivity index (χ0) is 17.5. The lowest BCUT2D eigenvalue weighted by atomic mass is 10.1. The van der Waals surface area contributed by atoms with Crippen LogP contribution in [0.15, 0.2) is 45.6 Å². The Morgan fingerprint density at radius 3 is 2.50 bits per heavy atom. The molecule has 0 atom stereocenters. The van der Waals surface area contributed by atoms with Crippen molar-refractivity contribution in [3.8, 4) is 0 Å². The summed E-state index contributed by atoms with van der Waals surface area (Å²) in [7, 11) is 1.72. The van der Waals surface area contributed by atoms with E-state index in [1.165, 1.54) is 5.56 Å². The summed E-state index contributed by atoms with van der Waals surface area (Å²) >= 11 is 0. The van der Waals surface area contributed by atoms with Gasteiger partial charge in [0, 0.05) is 20.0 Å². The van der Waals surface area contributed by atoms with Gasteiger partial charge in [-0.05, 0) is 37.0 Å². The second kappa shape index (κ2) is 8.48. The zero-order valence-corrected chi connectivity index (χ0v) is 14.7. The lowest BCUT2D eigenvalue weighted by molar-refractivity contribution is 0.0787. The van der Waals surface area contributed by atoms with E-state index in [1.807, 2.05) is 36.4 Å². The smallest absolute Gasteiger partial charge is 0.349 e. The van der Waals surface area contributed by atoms with Crippen molar-refractivity contribution < 1.29 is 9.21 Å². The number of hydrogen-bond donors (Lipinski definition) is 0. The van der Waals surface area contributed by atoms with Crippen molar-refractivity contribution in [2.45, 2.75) is 39.5 Å².